The molecule has 8 aliphatic rings. The number of aliphatic hydroxyl groups excluding tert-OH is 23. The highest BCUT2D eigenvalue weighted by molar-refractivity contribution is 5.78. The number of hydrogen-bond donors (Lipinski definition) is 27. The van der Waals surface area contributed by atoms with Crippen LogP contribution in [0.5, 0.6) is 0 Å². The number of aliphatic hydroxyl groups is 23. The molecule has 8 rings (SSSR count). The van der Waals surface area contributed by atoms with Gasteiger partial charge in [0.2, 0.25) is 17.7 Å². The quantitative estimate of drug-likeness (QED) is 0.0363. The van der Waals surface area contributed by atoms with Gasteiger partial charge in [-0.25, -0.2) is 4.79 Å². The minimum absolute atomic E-state index is 0.901. The average molecular weight is 1510 g/mol. The molecule has 0 spiro atoms. The number of aliphatic carboxylic acids is 1. The molecule has 0 aromatic rings. The summed E-state index contributed by atoms with van der Waals surface area (Å²) in [4.78, 5) is 51.6. The van der Waals surface area contributed by atoms with Gasteiger partial charge in [0.05, 0.1) is 64.0 Å². The van der Waals surface area contributed by atoms with Crippen molar-refractivity contribution in [1.82, 2.24) is 16.0 Å². The molecule has 8 heterocycles. The van der Waals surface area contributed by atoms with E-state index in [1.165, 1.54) is 13.8 Å². The third-order valence-electron chi connectivity index (χ3n) is 18.9. The van der Waals surface area contributed by atoms with Gasteiger partial charge in [-0.3, -0.25) is 14.4 Å². The molecule has 0 radical (unpaired) electrons. The minimum Gasteiger partial charge on any atom is -0.477 e. The molecule has 0 aromatic carbocycles. The van der Waals surface area contributed by atoms with Crippen LogP contribution in [0.3, 0.4) is 0 Å². The number of carboxylic acids is 1. The standard InChI is InChI=1S/C57H95N3O43/c1-13-28(72)36(80)39(83)51(90-13)101-47-45(99-50-27(59-16(4)68)43(32(76)20(8-63)93-50)97-53-41(85)38(82)31(75)19(7-62)94-53)33(77)21(9-64)96-55(47)100-46-34(78)22(10-65)95-54(48(46)102-52-40(84)37(81)29(73)14(2)91-52)98-42-26(58-15(3)67)49(86)92-23(35(42)79)12-89-57(56(87)88)5-17(69)25(60-24(71)11-66)44(103-57)30(74)18(70)6-61/h13-14,17-23,25-55,61-66,69-70,72-86H,5-12H2,1-4H3,(H,58,67)(H,59,68)(H,60,71)(H,87,88)/t13-,14-,17-,18+,19+,20+,21+,22+,23+,25+,26+,27+,28+,29+,30+,31-,32-,33-,34-,35-,36+,37+,38-,39-,40-,41+,42+,43+,44+,45-,46-,47+,48+,49-,50+,51-,52-,53+,54-,55-,57+/m0/s1. The highest BCUT2D eigenvalue weighted by atomic mass is 16.8. The number of carboxylic acid groups (broad SMARTS) is 1. The average Bonchev–Trinajstić information content (AvgIpc) is 0.762. The second kappa shape index (κ2) is 36.3. The predicted molar refractivity (Wildman–Crippen MR) is 315 cm³/mol. The molecule has 27 N–H and O–H groups in total. The molecule has 41 atom stereocenters. The molecule has 0 aliphatic carbocycles. The normalized spacial score (nSPS) is 48.3. The van der Waals surface area contributed by atoms with Crippen LogP contribution in [-0.4, -0.2) is 444 Å². The fourth-order valence-electron chi connectivity index (χ4n) is 13.1. The van der Waals surface area contributed by atoms with Crippen molar-refractivity contribution in [2.75, 3.05) is 46.2 Å². The summed E-state index contributed by atoms with van der Waals surface area (Å²) >= 11 is 0. The molecule has 596 valence electrons. The Morgan fingerprint density at radius 3 is 1.26 bits per heavy atom. The van der Waals surface area contributed by atoms with Gasteiger partial charge in [0.1, 0.15) is 183 Å². The smallest absolute Gasteiger partial charge is 0.364 e. The number of carbonyl (C=O) groups is 4. The van der Waals surface area contributed by atoms with Gasteiger partial charge in [-0.2, -0.15) is 0 Å². The summed E-state index contributed by atoms with van der Waals surface area (Å²) in [7, 11) is 0. The number of carbonyl (C=O) groups excluding carboxylic acids is 3. The van der Waals surface area contributed by atoms with Crippen LogP contribution in [0.15, 0.2) is 0 Å². The van der Waals surface area contributed by atoms with Gasteiger partial charge < -0.3 is 210 Å². The number of hydrogen-bond acceptors (Lipinski definition) is 42. The molecule has 8 fully saturated rings. The summed E-state index contributed by atoms with van der Waals surface area (Å²) < 4.78 is 89.7. The van der Waals surface area contributed by atoms with Gasteiger partial charge in [0, 0.05) is 20.3 Å². The zero-order valence-corrected chi connectivity index (χ0v) is 55.2. The molecular formula is C57H95N3O43. The van der Waals surface area contributed by atoms with E-state index in [0.29, 0.717) is 0 Å². The van der Waals surface area contributed by atoms with E-state index in [2.05, 4.69) is 16.0 Å². The summed E-state index contributed by atoms with van der Waals surface area (Å²) in [6, 6.07) is -5.83. The Kier molecular flexibility index (Phi) is 29.9. The van der Waals surface area contributed by atoms with E-state index in [0.717, 1.165) is 13.8 Å². The first-order valence-corrected chi connectivity index (χ1v) is 32.6. The zero-order valence-electron chi connectivity index (χ0n) is 55.2. The second-order valence-electron chi connectivity index (χ2n) is 26.0. The van der Waals surface area contributed by atoms with Crippen molar-refractivity contribution in [2.24, 2.45) is 0 Å². The van der Waals surface area contributed by atoms with E-state index in [9.17, 15) is 142 Å². The summed E-state index contributed by atoms with van der Waals surface area (Å²) in [5.74, 6) is -8.46. The van der Waals surface area contributed by atoms with Crippen molar-refractivity contribution in [1.29, 1.82) is 0 Å². The third kappa shape index (κ3) is 18.5. The molecule has 46 heteroatoms. The van der Waals surface area contributed by atoms with Crippen LogP contribution in [-0.2, 0) is 90.2 Å². The lowest BCUT2D eigenvalue weighted by atomic mass is 9.88. The van der Waals surface area contributed by atoms with Crippen molar-refractivity contribution in [3.05, 3.63) is 0 Å². The van der Waals surface area contributed by atoms with Crippen molar-refractivity contribution in [3.8, 4) is 0 Å². The van der Waals surface area contributed by atoms with Crippen LogP contribution in [0, 0.1) is 0 Å². The van der Waals surface area contributed by atoms with Crippen LogP contribution >= 0.6 is 0 Å². The van der Waals surface area contributed by atoms with Crippen molar-refractivity contribution in [3.63, 3.8) is 0 Å². The van der Waals surface area contributed by atoms with Crippen LogP contribution < -0.4 is 16.0 Å². The van der Waals surface area contributed by atoms with E-state index in [-0.39, 0.29) is 0 Å². The number of nitrogens with one attached hydrogen (secondary N) is 3. The van der Waals surface area contributed by atoms with E-state index in [1.54, 1.807) is 0 Å². The summed E-state index contributed by atoms with van der Waals surface area (Å²) in [5.41, 5.74) is 0. The van der Waals surface area contributed by atoms with Gasteiger partial charge in [0.25, 0.3) is 5.79 Å². The van der Waals surface area contributed by atoms with E-state index < -0.39 is 327 Å². The number of amides is 3. The lowest BCUT2D eigenvalue weighted by molar-refractivity contribution is -0.417. The first-order chi connectivity index (χ1) is 48.5. The van der Waals surface area contributed by atoms with Crippen LogP contribution in [0.25, 0.3) is 0 Å². The molecule has 3 amide bonds. The SMILES string of the molecule is CC(=O)N[C@@H]1[C@@H](O[C@@H]2O[C@H](CO)[C@H](O)[C@H](O[C@@H]3O[C@H](CO)[C@H](O)[C@H](O[C@H]4O[C@H](CO)[C@H](O)[C@H](O[C@H]5O[C@H](CO)[C@H](O)[C@H](O)[C@H]5O)[C@H]4NC(C)=O)[C@H]3O[C@@H]3O[C@@H](C)[C@@H](O)[C@@H](O)[C@@H]3O)[C@H]2O[C@@H]2O[C@@H](C)[C@@H](O)[C@@H](O)[C@@H]2O)[C@@H](O)[C@@H](CO[C@]2(C(=O)O)C[C@H](O)[C@@H](NC(=O)CO)[C@H]([C@H](O)[C@H](O)CO)O2)O[C@@H]1O. The molecule has 46 nitrogen and oxygen atoms in total. The Balaban J connectivity index is 1.20. The minimum atomic E-state index is -3.19. The first-order valence-electron chi connectivity index (χ1n) is 32.6. The molecule has 8 aliphatic heterocycles. The maximum absolute atomic E-state index is 13.2. The number of ether oxygens (including phenoxy) is 15. The zero-order chi connectivity index (χ0) is 76.3. The molecule has 103 heavy (non-hydrogen) atoms. The van der Waals surface area contributed by atoms with Crippen molar-refractivity contribution < 1.29 is 213 Å². The van der Waals surface area contributed by atoms with Gasteiger partial charge >= 0.3 is 5.97 Å². The van der Waals surface area contributed by atoms with E-state index in [1.807, 2.05) is 0 Å². The van der Waals surface area contributed by atoms with Gasteiger partial charge in [-0.15, -0.1) is 0 Å². The monoisotopic (exact) mass is 1510 g/mol. The maximum Gasteiger partial charge on any atom is 0.364 e. The number of rotatable bonds is 27. The maximum atomic E-state index is 13.2. The largest absolute Gasteiger partial charge is 0.477 e. The van der Waals surface area contributed by atoms with Crippen molar-refractivity contribution >= 4 is 23.7 Å². The van der Waals surface area contributed by atoms with Crippen LogP contribution in [0.1, 0.15) is 34.1 Å². The molecule has 0 saturated carbocycles. The fraction of sp³-hybridized carbons (Fsp3) is 0.930. The van der Waals surface area contributed by atoms with Crippen LogP contribution in [0.2, 0.25) is 0 Å². The summed E-state index contributed by atoms with van der Waals surface area (Å²) in [5, 5.41) is 271. The Labute approximate surface area is 582 Å². The summed E-state index contributed by atoms with van der Waals surface area (Å²) in [6.45, 7) is -4.18. The Hall–Kier alpha value is -3.64. The molecule has 0 unspecified atom stereocenters. The van der Waals surface area contributed by atoms with Crippen molar-refractivity contribution in [2.45, 2.75) is 285 Å². The lowest BCUT2D eigenvalue weighted by Crippen LogP contribution is -2.71. The molecular weight excluding hydrogens is 1410 g/mol. The highest BCUT2D eigenvalue weighted by Gasteiger charge is 2.62. The van der Waals surface area contributed by atoms with E-state index in [4.69, 9.17) is 71.1 Å². The Bertz CT molecular complexity index is 2730. The Morgan fingerprint density at radius 2 is 0.806 bits per heavy atom. The second-order valence-corrected chi connectivity index (χ2v) is 26.0. The molecule has 0 aromatic heterocycles. The fourth-order valence-corrected chi connectivity index (χ4v) is 13.1. The highest BCUT2D eigenvalue weighted by Crippen LogP contribution is 2.41. The predicted octanol–water partition coefficient (Wildman–Crippen LogP) is -17.8. The Morgan fingerprint density at radius 1 is 0.427 bits per heavy atom. The van der Waals surface area contributed by atoms with E-state index >= 15 is 0 Å². The first kappa shape index (κ1) is 85.0. The topological polar surface area (TPSA) is 728 Å². The molecule has 0 bridgehead atoms. The molecule has 8 saturated heterocycles. The van der Waals surface area contributed by atoms with Gasteiger partial charge in [-0.05, 0) is 13.8 Å². The van der Waals surface area contributed by atoms with Gasteiger partial charge in [-0.1, -0.05) is 0 Å². The third-order valence-corrected chi connectivity index (χ3v) is 18.9. The summed E-state index contributed by atoms with van der Waals surface area (Å²) in [6.07, 6.45) is -80.7. The van der Waals surface area contributed by atoms with Gasteiger partial charge in [0.15, 0.2) is 44.0 Å². The van der Waals surface area contributed by atoms with Crippen LogP contribution in [0.4, 0.5) is 0 Å². The lowest BCUT2D eigenvalue weighted by Gasteiger charge is -2.52.